The van der Waals surface area contributed by atoms with Crippen molar-refractivity contribution in [1.82, 2.24) is 25.1 Å². The lowest BCUT2D eigenvalue weighted by molar-refractivity contribution is -0.130. The van der Waals surface area contributed by atoms with Crippen LogP contribution < -0.4 is 16.3 Å². The van der Waals surface area contributed by atoms with Crippen molar-refractivity contribution in [2.24, 2.45) is 0 Å². The van der Waals surface area contributed by atoms with Crippen molar-refractivity contribution in [2.75, 3.05) is 38.5 Å². The molecule has 0 bridgehead atoms. The molecular formula is C22H26N6O3. The number of carbonyl (C=O) groups excluding carboxylic acids is 2. The van der Waals surface area contributed by atoms with Crippen LogP contribution in [0, 0.1) is 0 Å². The summed E-state index contributed by atoms with van der Waals surface area (Å²) in [6, 6.07) is 14.9. The van der Waals surface area contributed by atoms with Gasteiger partial charge < -0.3 is 20.6 Å². The number of imidazole rings is 1. The Morgan fingerprint density at radius 1 is 1.06 bits per heavy atom. The molecule has 1 aromatic heterocycles. The van der Waals surface area contributed by atoms with Crippen LogP contribution in [0.4, 0.5) is 5.69 Å². The van der Waals surface area contributed by atoms with Gasteiger partial charge in [0.25, 0.3) is 0 Å². The minimum absolute atomic E-state index is 0.100. The quantitative estimate of drug-likeness (QED) is 0.468. The fourth-order valence-corrected chi connectivity index (χ4v) is 3.96. The number of aromatic amines is 2. The summed E-state index contributed by atoms with van der Waals surface area (Å²) in [5.41, 5.74) is 2.80. The molecule has 1 aliphatic rings. The molecular weight excluding hydrogens is 396 g/mol. The van der Waals surface area contributed by atoms with Crippen LogP contribution in [-0.2, 0) is 16.1 Å². The third kappa shape index (κ3) is 5.01. The molecule has 31 heavy (non-hydrogen) atoms. The molecule has 1 unspecified atom stereocenters. The van der Waals surface area contributed by atoms with Gasteiger partial charge in [0.05, 0.1) is 17.6 Å². The maximum Gasteiger partial charge on any atom is 0.323 e. The van der Waals surface area contributed by atoms with E-state index < -0.39 is 6.04 Å². The SMILES string of the molecule is CNC(=O)C1CN(Cc2ccccc2)CCN1CC(=O)Nc1ccc2[nH]c(=O)[nH]c2c1. The van der Waals surface area contributed by atoms with E-state index in [-0.39, 0.29) is 24.0 Å². The highest BCUT2D eigenvalue weighted by molar-refractivity contribution is 5.94. The maximum atomic E-state index is 12.7. The normalized spacial score (nSPS) is 17.5. The van der Waals surface area contributed by atoms with Gasteiger partial charge in [-0.3, -0.25) is 19.4 Å². The topological polar surface area (TPSA) is 113 Å². The molecule has 4 rings (SSSR count). The number of carbonyl (C=O) groups is 2. The van der Waals surface area contributed by atoms with E-state index in [2.05, 4.69) is 37.6 Å². The zero-order valence-electron chi connectivity index (χ0n) is 17.4. The number of nitrogens with one attached hydrogen (secondary N) is 4. The molecule has 0 spiro atoms. The number of likely N-dealkylation sites (N-methyl/N-ethyl adjacent to an activating group) is 1. The molecule has 2 amide bonds. The third-order valence-electron chi connectivity index (χ3n) is 5.52. The number of hydrogen-bond donors (Lipinski definition) is 4. The molecule has 1 saturated heterocycles. The zero-order valence-corrected chi connectivity index (χ0v) is 17.4. The monoisotopic (exact) mass is 422 g/mol. The van der Waals surface area contributed by atoms with E-state index >= 15 is 0 Å². The standard InChI is InChI=1S/C22H26N6O3/c1-23-21(30)19-13-27(12-15-5-3-2-4-6-15)9-10-28(19)14-20(29)24-16-7-8-17-18(11-16)26-22(31)25-17/h2-8,11,19H,9-10,12-14H2,1H3,(H,23,30)(H,24,29)(H2,25,26,31). The molecule has 0 radical (unpaired) electrons. The second kappa shape index (κ2) is 9.15. The Hall–Kier alpha value is -3.43. The number of piperazine rings is 1. The number of anilines is 1. The van der Waals surface area contributed by atoms with Crippen molar-refractivity contribution in [1.29, 1.82) is 0 Å². The third-order valence-corrected chi connectivity index (χ3v) is 5.52. The molecule has 9 nitrogen and oxygen atoms in total. The lowest BCUT2D eigenvalue weighted by atomic mass is 10.1. The lowest BCUT2D eigenvalue weighted by Gasteiger charge is -2.40. The van der Waals surface area contributed by atoms with Crippen LogP contribution in [0.2, 0.25) is 0 Å². The smallest absolute Gasteiger partial charge is 0.323 e. The highest BCUT2D eigenvalue weighted by Gasteiger charge is 2.32. The van der Waals surface area contributed by atoms with Crippen molar-refractivity contribution in [2.45, 2.75) is 12.6 Å². The van der Waals surface area contributed by atoms with E-state index in [1.165, 1.54) is 5.56 Å². The highest BCUT2D eigenvalue weighted by atomic mass is 16.2. The molecule has 2 heterocycles. The number of H-pyrrole nitrogens is 2. The van der Waals surface area contributed by atoms with E-state index in [1.807, 2.05) is 23.1 Å². The molecule has 3 aromatic rings. The summed E-state index contributed by atoms with van der Waals surface area (Å²) >= 11 is 0. The van der Waals surface area contributed by atoms with Crippen molar-refractivity contribution < 1.29 is 9.59 Å². The van der Waals surface area contributed by atoms with Crippen LogP contribution in [0.25, 0.3) is 11.0 Å². The molecule has 162 valence electrons. The summed E-state index contributed by atoms with van der Waals surface area (Å²) in [6.07, 6.45) is 0. The van der Waals surface area contributed by atoms with Crippen LogP contribution in [0.1, 0.15) is 5.56 Å². The Kier molecular flexibility index (Phi) is 6.15. The second-order valence-corrected chi connectivity index (χ2v) is 7.71. The van der Waals surface area contributed by atoms with Crippen LogP contribution in [0.3, 0.4) is 0 Å². The van der Waals surface area contributed by atoms with E-state index in [1.54, 1.807) is 25.2 Å². The molecule has 2 aromatic carbocycles. The van der Waals surface area contributed by atoms with Crippen LogP contribution in [0.5, 0.6) is 0 Å². The number of amides is 2. The number of benzene rings is 2. The van der Waals surface area contributed by atoms with Crippen LogP contribution >= 0.6 is 0 Å². The van der Waals surface area contributed by atoms with Gasteiger partial charge in [-0.05, 0) is 23.8 Å². The van der Waals surface area contributed by atoms with Gasteiger partial charge in [-0.2, -0.15) is 0 Å². The number of aromatic nitrogens is 2. The van der Waals surface area contributed by atoms with Gasteiger partial charge in [0, 0.05) is 38.9 Å². The molecule has 1 atom stereocenters. The first-order valence-electron chi connectivity index (χ1n) is 10.3. The molecule has 1 fully saturated rings. The highest BCUT2D eigenvalue weighted by Crippen LogP contribution is 2.16. The summed E-state index contributed by atoms with van der Waals surface area (Å²) in [7, 11) is 1.61. The Labute approximate surface area is 179 Å². The van der Waals surface area contributed by atoms with Gasteiger partial charge in [-0.1, -0.05) is 30.3 Å². The van der Waals surface area contributed by atoms with E-state index in [0.717, 1.165) is 13.1 Å². The maximum absolute atomic E-state index is 12.7. The molecule has 1 aliphatic heterocycles. The van der Waals surface area contributed by atoms with Gasteiger partial charge in [0.2, 0.25) is 11.8 Å². The molecule has 0 saturated carbocycles. The van der Waals surface area contributed by atoms with Gasteiger partial charge in [0.1, 0.15) is 6.04 Å². The summed E-state index contributed by atoms with van der Waals surface area (Å²) in [5.74, 6) is -0.306. The summed E-state index contributed by atoms with van der Waals surface area (Å²) in [4.78, 5) is 46.1. The average Bonchev–Trinajstić information content (AvgIpc) is 3.14. The summed E-state index contributed by atoms with van der Waals surface area (Å²) < 4.78 is 0. The Morgan fingerprint density at radius 3 is 2.61 bits per heavy atom. The van der Waals surface area contributed by atoms with Crippen molar-refractivity contribution in [3.8, 4) is 0 Å². The van der Waals surface area contributed by atoms with E-state index in [0.29, 0.717) is 29.8 Å². The first-order valence-corrected chi connectivity index (χ1v) is 10.3. The number of rotatable bonds is 6. The Morgan fingerprint density at radius 2 is 1.84 bits per heavy atom. The molecule has 4 N–H and O–H groups in total. The average molecular weight is 422 g/mol. The predicted octanol–water partition coefficient (Wildman–Crippen LogP) is 0.727. The van der Waals surface area contributed by atoms with Crippen molar-refractivity contribution in [3.63, 3.8) is 0 Å². The van der Waals surface area contributed by atoms with Crippen molar-refractivity contribution >= 4 is 28.5 Å². The van der Waals surface area contributed by atoms with Gasteiger partial charge in [-0.25, -0.2) is 4.79 Å². The summed E-state index contributed by atoms with van der Waals surface area (Å²) in [6.45, 7) is 2.81. The van der Waals surface area contributed by atoms with E-state index in [9.17, 15) is 14.4 Å². The minimum Gasteiger partial charge on any atom is -0.358 e. The first-order chi connectivity index (χ1) is 15.0. The van der Waals surface area contributed by atoms with E-state index in [4.69, 9.17) is 0 Å². The van der Waals surface area contributed by atoms with Gasteiger partial charge in [-0.15, -0.1) is 0 Å². The number of nitrogens with zero attached hydrogens (tertiary/aromatic N) is 2. The zero-order chi connectivity index (χ0) is 21.8. The fourth-order valence-electron chi connectivity index (χ4n) is 3.96. The van der Waals surface area contributed by atoms with Crippen LogP contribution in [0.15, 0.2) is 53.3 Å². The van der Waals surface area contributed by atoms with Crippen molar-refractivity contribution in [3.05, 3.63) is 64.6 Å². The Balaban J connectivity index is 1.40. The second-order valence-electron chi connectivity index (χ2n) is 7.71. The van der Waals surface area contributed by atoms with Crippen LogP contribution in [-0.4, -0.2) is 70.9 Å². The largest absolute Gasteiger partial charge is 0.358 e. The first kappa shape index (κ1) is 20.8. The van der Waals surface area contributed by atoms with Gasteiger partial charge >= 0.3 is 5.69 Å². The summed E-state index contributed by atoms with van der Waals surface area (Å²) in [5, 5.41) is 5.58. The molecule has 0 aliphatic carbocycles. The predicted molar refractivity (Wildman–Crippen MR) is 119 cm³/mol. The number of hydrogen-bond acceptors (Lipinski definition) is 5. The number of fused-ring (bicyclic) bond motifs is 1. The van der Waals surface area contributed by atoms with Gasteiger partial charge in [0.15, 0.2) is 0 Å². The minimum atomic E-state index is -0.406. The Bertz CT molecular complexity index is 1120. The molecule has 9 heteroatoms. The fraction of sp³-hybridized carbons (Fsp3) is 0.318. The lowest BCUT2D eigenvalue weighted by Crippen LogP contribution is -2.59.